The lowest BCUT2D eigenvalue weighted by Gasteiger charge is -2.16. The molecule has 0 bridgehead atoms. The van der Waals surface area contributed by atoms with Crippen molar-refractivity contribution >= 4 is 41.0 Å². The summed E-state index contributed by atoms with van der Waals surface area (Å²) < 4.78 is 4.92. The number of nitrogens with zero attached hydrogens (tertiary/aromatic N) is 1. The summed E-state index contributed by atoms with van der Waals surface area (Å²) in [6.07, 6.45) is 0. The Balaban J connectivity index is 1.62. The average Bonchev–Trinajstić information content (AvgIpc) is 2.92. The standard InChI is InChI=1S/C26H23ClN4O9/c1-40-22-11-16(6-8-21(22)31(38)39)24(34)29-13-20(26(36)37)30-25(35)18-7-5-15(10-19(18)27)23(33)28-12-14-3-2-4-17(32)9-14/h2-11,20,32H,12-13H2,1H3,(H,28,33)(H,29,34)(H,30,35)(H,36,37)/t20-/m0/s1. The Morgan fingerprint density at radius 2 is 1.65 bits per heavy atom. The van der Waals surface area contributed by atoms with E-state index in [9.17, 15) is 39.5 Å². The number of hydrogen-bond donors (Lipinski definition) is 5. The lowest BCUT2D eigenvalue weighted by Crippen LogP contribution is -2.48. The number of carboxylic acids is 1. The molecule has 0 unspecified atom stereocenters. The highest BCUT2D eigenvalue weighted by atomic mass is 35.5. The first-order chi connectivity index (χ1) is 19.0. The molecule has 0 saturated carbocycles. The fourth-order valence-corrected chi connectivity index (χ4v) is 3.76. The predicted molar refractivity (Wildman–Crippen MR) is 142 cm³/mol. The first-order valence-electron chi connectivity index (χ1n) is 11.5. The van der Waals surface area contributed by atoms with Crippen LogP contribution in [0.1, 0.15) is 36.6 Å². The molecule has 5 N–H and O–H groups in total. The molecule has 0 aliphatic carbocycles. The molecule has 3 amide bonds. The molecule has 0 spiro atoms. The zero-order valence-corrected chi connectivity index (χ0v) is 21.6. The van der Waals surface area contributed by atoms with E-state index in [1.54, 1.807) is 12.1 Å². The summed E-state index contributed by atoms with van der Waals surface area (Å²) in [5.74, 6) is -3.67. The van der Waals surface area contributed by atoms with Gasteiger partial charge in [0.1, 0.15) is 11.8 Å². The summed E-state index contributed by atoms with van der Waals surface area (Å²) in [7, 11) is 1.20. The minimum absolute atomic E-state index is 0.0288. The van der Waals surface area contributed by atoms with Crippen LogP contribution in [0.5, 0.6) is 11.5 Å². The van der Waals surface area contributed by atoms with Gasteiger partial charge in [0, 0.05) is 36.3 Å². The maximum absolute atomic E-state index is 12.7. The van der Waals surface area contributed by atoms with E-state index in [1.807, 2.05) is 0 Å². The number of hydrogen-bond acceptors (Lipinski definition) is 8. The number of carbonyl (C=O) groups is 4. The topological polar surface area (TPSA) is 197 Å². The van der Waals surface area contributed by atoms with Crippen LogP contribution in [0, 0.1) is 10.1 Å². The van der Waals surface area contributed by atoms with Crippen LogP contribution in [-0.2, 0) is 11.3 Å². The fourth-order valence-electron chi connectivity index (χ4n) is 3.49. The maximum Gasteiger partial charge on any atom is 0.328 e. The van der Waals surface area contributed by atoms with Crippen molar-refractivity contribution in [1.82, 2.24) is 16.0 Å². The van der Waals surface area contributed by atoms with Gasteiger partial charge in [-0.1, -0.05) is 23.7 Å². The number of halogens is 1. The summed E-state index contributed by atoms with van der Waals surface area (Å²) in [4.78, 5) is 59.7. The minimum atomic E-state index is -1.56. The SMILES string of the molecule is COc1cc(C(=O)NC[C@H](NC(=O)c2ccc(C(=O)NCc3cccc(O)c3)cc2Cl)C(=O)O)ccc1[N+](=O)[O-]. The van der Waals surface area contributed by atoms with E-state index < -0.39 is 41.2 Å². The molecule has 0 radical (unpaired) electrons. The van der Waals surface area contributed by atoms with Crippen LogP contribution in [0.3, 0.4) is 0 Å². The van der Waals surface area contributed by atoms with E-state index in [-0.39, 0.29) is 45.4 Å². The van der Waals surface area contributed by atoms with Crippen molar-refractivity contribution in [2.24, 2.45) is 0 Å². The number of phenolic OH excluding ortho intramolecular Hbond substituents is 1. The third kappa shape index (κ3) is 7.45. The number of rotatable bonds is 11. The summed E-state index contributed by atoms with van der Waals surface area (Å²) >= 11 is 6.19. The maximum atomic E-state index is 12.7. The second-order valence-electron chi connectivity index (χ2n) is 8.27. The van der Waals surface area contributed by atoms with Gasteiger partial charge in [-0.15, -0.1) is 0 Å². The van der Waals surface area contributed by atoms with E-state index in [0.29, 0.717) is 5.56 Å². The number of amides is 3. The Kier molecular flexibility index (Phi) is 9.60. The van der Waals surface area contributed by atoms with Gasteiger partial charge in [0.05, 0.1) is 22.6 Å². The summed E-state index contributed by atoms with van der Waals surface area (Å²) in [6.45, 7) is -0.391. The number of carbonyl (C=O) groups excluding carboxylic acids is 3. The highest BCUT2D eigenvalue weighted by Gasteiger charge is 2.24. The number of phenols is 1. The van der Waals surface area contributed by atoms with Crippen molar-refractivity contribution < 1.29 is 39.1 Å². The molecular weight excluding hydrogens is 548 g/mol. The Morgan fingerprint density at radius 3 is 2.27 bits per heavy atom. The van der Waals surface area contributed by atoms with Gasteiger partial charge in [-0.05, 0) is 42.0 Å². The van der Waals surface area contributed by atoms with Crippen LogP contribution in [0.2, 0.25) is 5.02 Å². The van der Waals surface area contributed by atoms with Gasteiger partial charge >= 0.3 is 11.7 Å². The van der Waals surface area contributed by atoms with Gasteiger partial charge in [-0.3, -0.25) is 24.5 Å². The van der Waals surface area contributed by atoms with E-state index >= 15 is 0 Å². The minimum Gasteiger partial charge on any atom is -0.508 e. The number of nitro groups is 1. The number of nitrogens with one attached hydrogen (secondary N) is 3. The molecule has 0 fully saturated rings. The summed E-state index contributed by atoms with van der Waals surface area (Å²) in [5.41, 5.74) is 0.312. The van der Waals surface area contributed by atoms with E-state index in [2.05, 4.69) is 16.0 Å². The van der Waals surface area contributed by atoms with E-state index in [4.69, 9.17) is 16.3 Å². The number of benzene rings is 3. The van der Waals surface area contributed by atoms with E-state index in [1.165, 1.54) is 43.5 Å². The van der Waals surface area contributed by atoms with Crippen LogP contribution in [0.4, 0.5) is 5.69 Å². The lowest BCUT2D eigenvalue weighted by molar-refractivity contribution is -0.385. The number of methoxy groups -OCH3 is 1. The fraction of sp³-hybridized carbons (Fsp3) is 0.154. The molecular formula is C26H23ClN4O9. The van der Waals surface area contributed by atoms with Crippen LogP contribution in [-0.4, -0.2) is 58.5 Å². The average molecular weight is 571 g/mol. The third-order valence-electron chi connectivity index (χ3n) is 5.55. The smallest absolute Gasteiger partial charge is 0.328 e. The lowest BCUT2D eigenvalue weighted by atomic mass is 10.1. The van der Waals surface area contributed by atoms with Crippen molar-refractivity contribution in [3.63, 3.8) is 0 Å². The molecule has 13 nitrogen and oxygen atoms in total. The molecule has 0 aromatic heterocycles. The van der Waals surface area contributed by atoms with Gasteiger partial charge in [0.15, 0.2) is 5.75 Å². The third-order valence-corrected chi connectivity index (χ3v) is 5.86. The Bertz CT molecular complexity index is 1480. The molecule has 40 heavy (non-hydrogen) atoms. The number of carboxylic acid groups (broad SMARTS) is 1. The van der Waals surface area contributed by atoms with Crippen molar-refractivity contribution in [3.8, 4) is 11.5 Å². The van der Waals surface area contributed by atoms with Crippen LogP contribution < -0.4 is 20.7 Å². The Morgan fingerprint density at radius 1 is 0.975 bits per heavy atom. The van der Waals surface area contributed by atoms with Crippen molar-refractivity contribution in [2.75, 3.05) is 13.7 Å². The number of aliphatic carboxylic acids is 1. The zero-order chi connectivity index (χ0) is 29.4. The largest absolute Gasteiger partial charge is 0.508 e. The molecule has 208 valence electrons. The zero-order valence-electron chi connectivity index (χ0n) is 20.8. The molecule has 14 heteroatoms. The van der Waals surface area contributed by atoms with Crippen molar-refractivity contribution in [1.29, 1.82) is 0 Å². The second kappa shape index (κ2) is 13.1. The Hall–Kier alpha value is -5.17. The van der Waals surface area contributed by atoms with Gasteiger partial charge in [-0.2, -0.15) is 0 Å². The molecule has 1 atom stereocenters. The predicted octanol–water partition coefficient (Wildman–Crippen LogP) is 2.51. The number of aromatic hydroxyl groups is 1. The molecule has 3 aromatic carbocycles. The monoisotopic (exact) mass is 570 g/mol. The quantitative estimate of drug-likeness (QED) is 0.170. The van der Waals surface area contributed by atoms with Gasteiger partial charge in [0.25, 0.3) is 17.7 Å². The van der Waals surface area contributed by atoms with Crippen LogP contribution in [0.25, 0.3) is 0 Å². The molecule has 0 aliphatic heterocycles. The highest BCUT2D eigenvalue weighted by molar-refractivity contribution is 6.34. The van der Waals surface area contributed by atoms with Crippen molar-refractivity contribution in [2.45, 2.75) is 12.6 Å². The number of nitro benzene ring substituents is 1. The molecule has 0 aliphatic rings. The Labute approximate surface area is 231 Å². The molecule has 3 rings (SSSR count). The molecule has 0 heterocycles. The number of ether oxygens (including phenoxy) is 1. The van der Waals surface area contributed by atoms with Crippen LogP contribution >= 0.6 is 11.6 Å². The highest BCUT2D eigenvalue weighted by Crippen LogP contribution is 2.27. The molecule has 3 aromatic rings. The van der Waals surface area contributed by atoms with Gasteiger partial charge in [0.2, 0.25) is 0 Å². The van der Waals surface area contributed by atoms with Gasteiger partial charge < -0.3 is 30.9 Å². The van der Waals surface area contributed by atoms with Crippen LogP contribution in [0.15, 0.2) is 60.7 Å². The van der Waals surface area contributed by atoms with E-state index in [0.717, 1.165) is 12.1 Å². The normalized spacial score (nSPS) is 11.2. The first kappa shape index (κ1) is 29.4. The summed E-state index contributed by atoms with van der Waals surface area (Å²) in [5, 5.41) is 37.2. The van der Waals surface area contributed by atoms with Gasteiger partial charge in [-0.25, -0.2) is 4.79 Å². The summed E-state index contributed by atoms with van der Waals surface area (Å²) in [6, 6.07) is 12.0. The first-order valence-corrected chi connectivity index (χ1v) is 11.9. The van der Waals surface area contributed by atoms with Crippen molar-refractivity contribution in [3.05, 3.63) is 98.1 Å². The molecule has 0 saturated heterocycles. The second-order valence-corrected chi connectivity index (χ2v) is 8.67.